The molecule has 0 spiro atoms. The molecular weight excluding hydrogens is 434 g/mol. The van der Waals surface area contributed by atoms with Crippen LogP contribution in [0.1, 0.15) is 15.9 Å². The number of methoxy groups -OCH3 is 3. The Kier molecular flexibility index (Phi) is 5.20. The fourth-order valence-corrected chi connectivity index (χ4v) is 3.97. The summed E-state index contributed by atoms with van der Waals surface area (Å²) in [5.41, 5.74) is 3.44. The Morgan fingerprint density at radius 1 is 0.897 bits per heavy atom. The highest BCUT2D eigenvalue weighted by Crippen LogP contribution is 2.40. The fourth-order valence-electron chi connectivity index (χ4n) is 3.71. The molecule has 1 heterocycles. The van der Waals surface area contributed by atoms with Crippen LogP contribution in [-0.4, -0.2) is 31.9 Å². The summed E-state index contributed by atoms with van der Waals surface area (Å²) in [6, 6.07) is 17.7. The molecule has 1 aromatic heterocycles. The Morgan fingerprint density at radius 2 is 1.59 bits per heavy atom. The second-order valence-corrected chi connectivity index (χ2v) is 7.55. The minimum Gasteiger partial charge on any atom is -0.495 e. The zero-order valence-corrected chi connectivity index (χ0v) is 17.9. The van der Waals surface area contributed by atoms with Crippen molar-refractivity contribution in [1.29, 1.82) is 0 Å². The molecule has 0 fully saturated rings. The van der Waals surface area contributed by atoms with Gasteiger partial charge in [0.1, 0.15) is 11.5 Å². The van der Waals surface area contributed by atoms with E-state index in [0.717, 1.165) is 37.6 Å². The number of aromatic nitrogens is 1. The fraction of sp³-hybridized carbons (Fsp3) is 0.174. The first-order chi connectivity index (χ1) is 14.1. The molecule has 0 bridgehead atoms. The number of ether oxygens (including phenoxy) is 3. The number of carbonyl (C=O) groups is 1. The molecule has 0 aliphatic carbocycles. The van der Waals surface area contributed by atoms with Crippen LogP contribution in [0.3, 0.4) is 0 Å². The van der Waals surface area contributed by atoms with Gasteiger partial charge in [0.05, 0.1) is 37.9 Å². The van der Waals surface area contributed by atoms with Crippen LogP contribution in [0.2, 0.25) is 0 Å². The molecule has 3 aromatic carbocycles. The van der Waals surface area contributed by atoms with E-state index in [0.29, 0.717) is 17.9 Å². The van der Waals surface area contributed by atoms with Crippen molar-refractivity contribution in [3.63, 3.8) is 0 Å². The average Bonchev–Trinajstić information content (AvgIpc) is 3.07. The normalized spacial score (nSPS) is 11.0. The average molecular weight is 454 g/mol. The summed E-state index contributed by atoms with van der Waals surface area (Å²) >= 11 is 3.49. The van der Waals surface area contributed by atoms with Crippen molar-refractivity contribution in [2.45, 2.75) is 6.54 Å². The second-order valence-electron chi connectivity index (χ2n) is 6.64. The highest BCUT2D eigenvalue weighted by molar-refractivity contribution is 9.10. The lowest BCUT2D eigenvalue weighted by Crippen LogP contribution is -2.04. The first-order valence-corrected chi connectivity index (χ1v) is 9.86. The maximum Gasteiger partial charge on any atom is 0.338 e. The van der Waals surface area contributed by atoms with E-state index in [-0.39, 0.29) is 0 Å². The number of rotatable bonds is 5. The third-order valence-corrected chi connectivity index (χ3v) is 5.55. The number of halogens is 1. The summed E-state index contributed by atoms with van der Waals surface area (Å²) < 4.78 is 19.5. The van der Waals surface area contributed by atoms with Gasteiger partial charge in [0.2, 0.25) is 0 Å². The van der Waals surface area contributed by atoms with Gasteiger partial charge in [-0.05, 0) is 35.9 Å². The van der Waals surface area contributed by atoms with Gasteiger partial charge in [0.25, 0.3) is 0 Å². The van der Waals surface area contributed by atoms with E-state index in [1.165, 1.54) is 7.11 Å². The molecule has 4 rings (SSSR count). The Labute approximate surface area is 176 Å². The summed E-state index contributed by atoms with van der Waals surface area (Å²) in [5.74, 6) is 0.970. The van der Waals surface area contributed by atoms with E-state index in [4.69, 9.17) is 14.2 Å². The predicted octanol–water partition coefficient (Wildman–Crippen LogP) is 5.41. The summed E-state index contributed by atoms with van der Waals surface area (Å²) in [5, 5.41) is 1.90. The van der Waals surface area contributed by atoms with Crippen LogP contribution >= 0.6 is 15.9 Å². The maximum atomic E-state index is 12.2. The number of benzene rings is 3. The van der Waals surface area contributed by atoms with E-state index < -0.39 is 5.97 Å². The van der Waals surface area contributed by atoms with E-state index in [1.807, 2.05) is 36.4 Å². The summed E-state index contributed by atoms with van der Waals surface area (Å²) in [4.78, 5) is 12.2. The van der Waals surface area contributed by atoms with Gasteiger partial charge in [-0.3, -0.25) is 0 Å². The van der Waals surface area contributed by atoms with Gasteiger partial charge in [0, 0.05) is 21.8 Å². The van der Waals surface area contributed by atoms with E-state index >= 15 is 0 Å². The Bertz CT molecular complexity index is 1210. The van der Waals surface area contributed by atoms with E-state index in [9.17, 15) is 4.79 Å². The largest absolute Gasteiger partial charge is 0.495 e. The van der Waals surface area contributed by atoms with Crippen molar-refractivity contribution in [2.24, 2.45) is 0 Å². The van der Waals surface area contributed by atoms with Crippen LogP contribution in [-0.2, 0) is 11.3 Å². The molecule has 4 aromatic rings. The molecule has 148 valence electrons. The lowest BCUT2D eigenvalue weighted by molar-refractivity contribution is 0.0600. The quantitative estimate of drug-likeness (QED) is 0.379. The first kappa shape index (κ1) is 19.3. The number of hydrogen-bond acceptors (Lipinski definition) is 4. The van der Waals surface area contributed by atoms with Crippen molar-refractivity contribution in [3.8, 4) is 11.5 Å². The minimum absolute atomic E-state index is 0.401. The van der Waals surface area contributed by atoms with Crippen molar-refractivity contribution < 1.29 is 19.0 Å². The lowest BCUT2D eigenvalue weighted by atomic mass is 10.1. The van der Waals surface area contributed by atoms with Crippen LogP contribution in [0.15, 0.2) is 59.1 Å². The van der Waals surface area contributed by atoms with Crippen LogP contribution in [0.25, 0.3) is 21.8 Å². The van der Waals surface area contributed by atoms with Crippen molar-refractivity contribution in [3.05, 3.63) is 70.2 Å². The Hall–Kier alpha value is -2.99. The number of para-hydroxylation sites is 1. The molecule has 0 saturated heterocycles. The Balaban J connectivity index is 2.07. The zero-order chi connectivity index (χ0) is 20.5. The molecule has 0 radical (unpaired) electrons. The van der Waals surface area contributed by atoms with Gasteiger partial charge < -0.3 is 18.8 Å². The molecule has 0 aliphatic rings. The molecule has 6 heteroatoms. The third kappa shape index (κ3) is 3.34. The molecule has 5 nitrogen and oxygen atoms in total. The first-order valence-electron chi connectivity index (χ1n) is 9.07. The summed E-state index contributed by atoms with van der Waals surface area (Å²) in [7, 11) is 4.64. The number of hydrogen-bond donors (Lipinski definition) is 0. The maximum absolute atomic E-state index is 12.2. The molecule has 0 N–H and O–H groups in total. The smallest absolute Gasteiger partial charge is 0.338 e. The van der Waals surface area contributed by atoms with Gasteiger partial charge in [-0.2, -0.15) is 0 Å². The standard InChI is InChI=1S/C23H20BrNO4/c1-27-19-6-4-5-17-18-11-15(23(26)29-3)12-20(28-2)22(18)25(21(17)19)13-14-7-9-16(24)10-8-14/h4-12H,13H2,1-3H3. The molecule has 0 atom stereocenters. The van der Waals surface area contributed by atoms with Crippen molar-refractivity contribution >= 4 is 43.7 Å². The van der Waals surface area contributed by atoms with Crippen LogP contribution in [0.4, 0.5) is 0 Å². The van der Waals surface area contributed by atoms with Crippen molar-refractivity contribution in [1.82, 2.24) is 4.57 Å². The number of esters is 1. The molecular formula is C23H20BrNO4. The highest BCUT2D eigenvalue weighted by atomic mass is 79.9. The topological polar surface area (TPSA) is 49.7 Å². The monoisotopic (exact) mass is 453 g/mol. The second kappa shape index (κ2) is 7.79. The predicted molar refractivity (Wildman–Crippen MR) is 117 cm³/mol. The molecule has 0 amide bonds. The van der Waals surface area contributed by atoms with E-state index in [2.05, 4.69) is 32.6 Å². The number of fused-ring (bicyclic) bond motifs is 3. The highest BCUT2D eigenvalue weighted by Gasteiger charge is 2.21. The van der Waals surface area contributed by atoms with Gasteiger partial charge in [-0.15, -0.1) is 0 Å². The van der Waals surface area contributed by atoms with Crippen LogP contribution in [0, 0.1) is 0 Å². The number of nitrogens with zero attached hydrogens (tertiary/aromatic N) is 1. The Morgan fingerprint density at radius 3 is 2.24 bits per heavy atom. The molecule has 0 aliphatic heterocycles. The van der Waals surface area contributed by atoms with Gasteiger partial charge in [-0.1, -0.05) is 40.2 Å². The van der Waals surface area contributed by atoms with Gasteiger partial charge in [0.15, 0.2) is 0 Å². The third-order valence-electron chi connectivity index (χ3n) is 5.02. The van der Waals surface area contributed by atoms with Gasteiger partial charge >= 0.3 is 5.97 Å². The summed E-state index contributed by atoms with van der Waals surface area (Å²) in [6.45, 7) is 0.627. The van der Waals surface area contributed by atoms with Crippen LogP contribution in [0.5, 0.6) is 11.5 Å². The minimum atomic E-state index is -0.401. The summed E-state index contributed by atoms with van der Waals surface area (Å²) in [6.07, 6.45) is 0. The molecule has 29 heavy (non-hydrogen) atoms. The molecule has 0 unspecified atom stereocenters. The zero-order valence-electron chi connectivity index (χ0n) is 16.4. The SMILES string of the molecule is COC(=O)c1cc(OC)c2c(c1)c1cccc(OC)c1n2Cc1ccc(Br)cc1. The van der Waals surface area contributed by atoms with Crippen LogP contribution < -0.4 is 9.47 Å². The lowest BCUT2D eigenvalue weighted by Gasteiger charge is -2.13. The van der Waals surface area contributed by atoms with Crippen molar-refractivity contribution in [2.75, 3.05) is 21.3 Å². The van der Waals surface area contributed by atoms with Gasteiger partial charge in [-0.25, -0.2) is 4.79 Å². The number of carbonyl (C=O) groups excluding carboxylic acids is 1. The van der Waals surface area contributed by atoms with E-state index in [1.54, 1.807) is 20.3 Å². The molecule has 0 saturated carbocycles.